The predicted molar refractivity (Wildman–Crippen MR) is 86.3 cm³/mol. The van der Waals surface area contributed by atoms with Crippen molar-refractivity contribution in [1.82, 2.24) is 19.8 Å². The predicted octanol–water partition coefficient (Wildman–Crippen LogP) is 2.77. The summed E-state index contributed by atoms with van der Waals surface area (Å²) in [5.41, 5.74) is 2.73. The molecule has 2 aromatic heterocycles. The van der Waals surface area contributed by atoms with Crippen molar-refractivity contribution in [3.8, 4) is 0 Å². The summed E-state index contributed by atoms with van der Waals surface area (Å²) in [6, 6.07) is 0.223. The number of aryl methyl sites for hydroxylation is 2. The maximum atomic E-state index is 12.6. The first-order valence-corrected chi connectivity index (χ1v) is 8.31. The second-order valence-corrected chi connectivity index (χ2v) is 6.49. The summed E-state index contributed by atoms with van der Waals surface area (Å²) in [6.07, 6.45) is 6.92. The lowest BCUT2D eigenvalue weighted by atomic mass is 10.1. The molecular weight excluding hydrogens is 316 g/mol. The molecule has 23 heavy (non-hydrogen) atoms. The highest BCUT2D eigenvalue weighted by molar-refractivity contribution is 6.29. The smallest absolute Gasteiger partial charge is 0.229 e. The second kappa shape index (κ2) is 6.74. The van der Waals surface area contributed by atoms with E-state index in [1.165, 1.54) is 0 Å². The minimum atomic E-state index is 0.160. The first-order valence-electron chi connectivity index (χ1n) is 7.94. The third kappa shape index (κ3) is 3.58. The van der Waals surface area contributed by atoms with Gasteiger partial charge in [-0.3, -0.25) is 9.48 Å². The Morgan fingerprint density at radius 2 is 2.30 bits per heavy atom. The zero-order chi connectivity index (χ0) is 16.4. The van der Waals surface area contributed by atoms with Gasteiger partial charge in [-0.05, 0) is 50.3 Å². The lowest BCUT2D eigenvalue weighted by molar-refractivity contribution is -0.132. The highest BCUT2D eigenvalue weighted by Gasteiger charge is 2.29. The summed E-state index contributed by atoms with van der Waals surface area (Å²) in [5.74, 6) is 0.160. The van der Waals surface area contributed by atoms with Crippen LogP contribution in [0.25, 0.3) is 0 Å². The van der Waals surface area contributed by atoms with Crippen LogP contribution < -0.4 is 0 Å². The third-order valence-electron chi connectivity index (χ3n) is 4.38. The largest absolute Gasteiger partial charge is 0.344 e. The van der Waals surface area contributed by atoms with Crippen LogP contribution in [0.3, 0.4) is 0 Å². The minimum absolute atomic E-state index is 0.160. The van der Waals surface area contributed by atoms with E-state index in [4.69, 9.17) is 16.1 Å². The molecule has 7 heteroatoms. The molecule has 0 radical (unpaired) electrons. The quantitative estimate of drug-likeness (QED) is 0.842. The number of amides is 1. The van der Waals surface area contributed by atoms with E-state index in [-0.39, 0.29) is 11.9 Å². The number of likely N-dealkylation sites (tertiary alicyclic amines) is 1. The average molecular weight is 337 g/mol. The molecule has 0 saturated carbocycles. The van der Waals surface area contributed by atoms with Crippen molar-refractivity contribution in [2.24, 2.45) is 0 Å². The molecule has 1 aliphatic heterocycles. The van der Waals surface area contributed by atoms with Crippen molar-refractivity contribution in [3.05, 3.63) is 34.4 Å². The molecule has 124 valence electrons. The lowest BCUT2D eigenvalue weighted by Gasteiger charge is -2.24. The van der Waals surface area contributed by atoms with E-state index < -0.39 is 0 Å². The molecule has 0 aromatic carbocycles. The van der Waals surface area contributed by atoms with Crippen LogP contribution in [0, 0.1) is 13.8 Å². The van der Waals surface area contributed by atoms with Crippen molar-refractivity contribution in [3.63, 3.8) is 0 Å². The van der Waals surface area contributed by atoms with E-state index >= 15 is 0 Å². The van der Waals surface area contributed by atoms with Crippen LogP contribution >= 0.6 is 11.6 Å². The van der Waals surface area contributed by atoms with Gasteiger partial charge in [0.05, 0.1) is 24.5 Å². The molecule has 0 spiro atoms. The molecule has 1 amide bonds. The van der Waals surface area contributed by atoms with E-state index in [0.717, 1.165) is 42.8 Å². The first kappa shape index (κ1) is 16.1. The molecule has 0 aliphatic carbocycles. The molecule has 1 aliphatic rings. The van der Waals surface area contributed by atoms with Gasteiger partial charge in [-0.25, -0.2) is 0 Å². The number of hydrogen-bond donors (Lipinski definition) is 0. The summed E-state index contributed by atoms with van der Waals surface area (Å²) in [6.45, 7) is 5.44. The van der Waals surface area contributed by atoms with Gasteiger partial charge >= 0.3 is 0 Å². The Hall–Kier alpha value is -1.82. The van der Waals surface area contributed by atoms with Crippen LogP contribution in [0.4, 0.5) is 0 Å². The normalized spacial score (nSPS) is 17.9. The van der Waals surface area contributed by atoms with Crippen LogP contribution in [0.2, 0.25) is 5.22 Å². The van der Waals surface area contributed by atoms with Gasteiger partial charge in [0, 0.05) is 24.7 Å². The van der Waals surface area contributed by atoms with Crippen LogP contribution in [0.15, 0.2) is 16.9 Å². The summed E-state index contributed by atoms with van der Waals surface area (Å²) >= 11 is 5.96. The summed E-state index contributed by atoms with van der Waals surface area (Å²) in [4.78, 5) is 14.6. The van der Waals surface area contributed by atoms with Crippen molar-refractivity contribution in [1.29, 1.82) is 0 Å². The van der Waals surface area contributed by atoms with Crippen molar-refractivity contribution >= 4 is 17.5 Å². The topological polar surface area (TPSA) is 64.2 Å². The number of hydrogen-bond acceptors (Lipinski definition) is 4. The fraction of sp³-hybridized carbons (Fsp3) is 0.562. The number of carbonyl (C=O) groups is 1. The number of halogens is 1. The molecule has 2 aromatic rings. The Morgan fingerprint density at radius 3 is 2.96 bits per heavy atom. The molecule has 0 bridgehead atoms. The highest BCUT2D eigenvalue weighted by Crippen LogP contribution is 2.23. The fourth-order valence-electron chi connectivity index (χ4n) is 3.15. The van der Waals surface area contributed by atoms with Gasteiger partial charge in [-0.2, -0.15) is 5.10 Å². The fourth-order valence-corrected chi connectivity index (χ4v) is 3.42. The lowest BCUT2D eigenvalue weighted by Crippen LogP contribution is -2.38. The third-order valence-corrected chi connectivity index (χ3v) is 4.68. The van der Waals surface area contributed by atoms with E-state index in [1.54, 1.807) is 0 Å². The van der Waals surface area contributed by atoms with E-state index in [2.05, 4.69) is 10.3 Å². The van der Waals surface area contributed by atoms with Gasteiger partial charge in [0.1, 0.15) is 0 Å². The van der Waals surface area contributed by atoms with Crippen LogP contribution in [0.5, 0.6) is 0 Å². The van der Waals surface area contributed by atoms with Gasteiger partial charge in [0.2, 0.25) is 11.1 Å². The van der Waals surface area contributed by atoms with E-state index in [0.29, 0.717) is 18.1 Å². The first-order chi connectivity index (χ1) is 11.0. The molecule has 0 unspecified atom stereocenters. The Morgan fingerprint density at radius 1 is 1.48 bits per heavy atom. The summed E-state index contributed by atoms with van der Waals surface area (Å²) in [7, 11) is 0. The van der Waals surface area contributed by atoms with Gasteiger partial charge in [-0.15, -0.1) is 0 Å². The molecular formula is C16H21ClN4O2. The maximum absolute atomic E-state index is 12.6. The van der Waals surface area contributed by atoms with Crippen LogP contribution in [-0.4, -0.2) is 38.3 Å². The van der Waals surface area contributed by atoms with Gasteiger partial charge in [0.25, 0.3) is 0 Å². The number of rotatable bonds is 5. The molecule has 3 heterocycles. The van der Waals surface area contributed by atoms with Crippen LogP contribution in [-0.2, 0) is 17.8 Å². The van der Waals surface area contributed by atoms with Crippen molar-refractivity contribution in [2.45, 2.75) is 52.1 Å². The summed E-state index contributed by atoms with van der Waals surface area (Å²) < 4.78 is 6.86. The SMILES string of the molecule is Cc1cnn(C[C@@H]2CCCN2C(=O)CCc2c(C)noc2Cl)c1. The Bertz CT molecular complexity index is 675. The Balaban J connectivity index is 1.59. The summed E-state index contributed by atoms with van der Waals surface area (Å²) in [5, 5.41) is 8.44. The maximum Gasteiger partial charge on any atom is 0.229 e. The number of nitrogens with zero attached hydrogens (tertiary/aromatic N) is 4. The Labute approximate surface area is 140 Å². The van der Waals surface area contributed by atoms with E-state index in [9.17, 15) is 4.79 Å². The standard InChI is InChI=1S/C16H21ClN4O2/c1-11-8-18-20(9-11)10-13-4-3-7-21(13)15(22)6-5-14-12(2)19-23-16(14)17/h8-9,13H,3-7,10H2,1-2H3/t13-/m0/s1. The molecule has 6 nitrogen and oxygen atoms in total. The molecule has 3 rings (SSSR count). The van der Waals surface area contributed by atoms with E-state index in [1.807, 2.05) is 35.8 Å². The minimum Gasteiger partial charge on any atom is -0.344 e. The average Bonchev–Trinajstić information content (AvgIpc) is 3.21. The van der Waals surface area contributed by atoms with Gasteiger partial charge in [0.15, 0.2) is 0 Å². The van der Waals surface area contributed by atoms with Crippen LogP contribution in [0.1, 0.15) is 36.1 Å². The highest BCUT2D eigenvalue weighted by atomic mass is 35.5. The Kier molecular flexibility index (Phi) is 4.71. The molecule has 1 atom stereocenters. The van der Waals surface area contributed by atoms with Crippen molar-refractivity contribution in [2.75, 3.05) is 6.54 Å². The zero-order valence-corrected chi connectivity index (χ0v) is 14.2. The van der Waals surface area contributed by atoms with Gasteiger partial charge < -0.3 is 9.42 Å². The zero-order valence-electron chi connectivity index (χ0n) is 13.5. The number of carbonyl (C=O) groups excluding carboxylic acids is 1. The second-order valence-electron chi connectivity index (χ2n) is 6.14. The molecule has 1 saturated heterocycles. The molecule has 1 fully saturated rings. The van der Waals surface area contributed by atoms with Gasteiger partial charge in [-0.1, -0.05) is 5.16 Å². The monoisotopic (exact) mass is 336 g/mol. The molecule has 0 N–H and O–H groups in total. The van der Waals surface area contributed by atoms with Crippen molar-refractivity contribution < 1.29 is 9.32 Å². The number of aromatic nitrogens is 3.